The fourth-order valence-electron chi connectivity index (χ4n) is 7.15. The van der Waals surface area contributed by atoms with Crippen LogP contribution < -0.4 is 0 Å². The van der Waals surface area contributed by atoms with Gasteiger partial charge in [-0.3, -0.25) is 9.59 Å². The Bertz CT molecular complexity index is 1770. The summed E-state index contributed by atoms with van der Waals surface area (Å²) >= 11 is 0. The number of hydrogen-bond acceptors (Lipinski definition) is 5. The van der Waals surface area contributed by atoms with Gasteiger partial charge in [-0.25, -0.2) is 9.97 Å². The lowest BCUT2D eigenvalue weighted by atomic mass is 9.84. The highest BCUT2D eigenvalue weighted by atomic mass is 16.5. The molecule has 0 bridgehead atoms. The minimum atomic E-state index is -0.307. The SMILES string of the molecule is O=C([C@@H]1CCCO1)N1CCCC1c1nc2ccc(C#Cc3ccc4nc([C@@H]5CCCN5C(=O)C5CCC5)[nH]c4c3)cc2[nH]1. The van der Waals surface area contributed by atoms with Crippen molar-refractivity contribution in [3.8, 4) is 11.8 Å². The van der Waals surface area contributed by atoms with E-state index in [1.807, 2.05) is 46.2 Å². The standard InChI is InChI=1S/C34H36N6O3/c41-33(23-5-1-6-23)39-16-2-7-28(39)31-35-24-14-12-21(19-26(24)37-31)10-11-22-13-15-25-27(20-22)38-32(36-25)29-8-3-17-40(29)34(42)30-9-4-18-43-30/h12-15,19-20,23,28-30H,1-9,16-18H2,(H,35,37)(H,36,38)/t28-,29?,30-/m0/s1. The second-order valence-corrected chi connectivity index (χ2v) is 12.5. The summed E-state index contributed by atoms with van der Waals surface area (Å²) in [5.74, 6) is 8.92. The first kappa shape index (κ1) is 26.5. The van der Waals surface area contributed by atoms with Crippen molar-refractivity contribution in [2.45, 2.75) is 76.0 Å². The average Bonchev–Trinajstić information content (AvgIpc) is 3.83. The molecule has 1 aliphatic carbocycles. The van der Waals surface area contributed by atoms with Gasteiger partial charge in [0.25, 0.3) is 5.91 Å². The van der Waals surface area contributed by atoms with Gasteiger partial charge in [0.2, 0.25) is 5.91 Å². The van der Waals surface area contributed by atoms with Gasteiger partial charge in [0, 0.05) is 36.7 Å². The number of fused-ring (bicyclic) bond motifs is 2. The minimum Gasteiger partial charge on any atom is -0.368 e. The number of hydrogen-bond donors (Lipinski definition) is 2. The van der Waals surface area contributed by atoms with E-state index in [0.29, 0.717) is 12.5 Å². The minimum absolute atomic E-state index is 0.0338. The maximum Gasteiger partial charge on any atom is 0.252 e. The largest absolute Gasteiger partial charge is 0.368 e. The number of carbonyl (C=O) groups is 2. The Kier molecular flexibility index (Phi) is 6.67. The van der Waals surface area contributed by atoms with Gasteiger partial charge >= 0.3 is 0 Å². The molecule has 1 unspecified atom stereocenters. The number of benzene rings is 2. The van der Waals surface area contributed by atoms with E-state index in [4.69, 9.17) is 14.7 Å². The van der Waals surface area contributed by atoms with Crippen molar-refractivity contribution in [2.24, 2.45) is 5.92 Å². The first-order chi connectivity index (χ1) is 21.1. The number of H-pyrrole nitrogens is 2. The molecule has 4 aromatic rings. The molecular weight excluding hydrogens is 540 g/mol. The zero-order valence-corrected chi connectivity index (χ0v) is 24.3. The molecule has 5 heterocycles. The van der Waals surface area contributed by atoms with Gasteiger partial charge in [-0.05, 0) is 87.8 Å². The summed E-state index contributed by atoms with van der Waals surface area (Å²) < 4.78 is 5.67. The predicted molar refractivity (Wildman–Crippen MR) is 162 cm³/mol. The van der Waals surface area contributed by atoms with E-state index in [1.165, 1.54) is 0 Å². The van der Waals surface area contributed by atoms with Crippen molar-refractivity contribution >= 4 is 33.9 Å². The lowest BCUT2D eigenvalue weighted by Crippen LogP contribution is -2.38. The van der Waals surface area contributed by atoms with Gasteiger partial charge < -0.3 is 24.5 Å². The number of aromatic amines is 2. The zero-order chi connectivity index (χ0) is 28.9. The third-order valence-corrected chi connectivity index (χ3v) is 9.71. The molecule has 4 aliphatic rings. The fraction of sp³-hybridized carbons (Fsp3) is 0.471. The Morgan fingerprint density at radius 2 is 1.30 bits per heavy atom. The smallest absolute Gasteiger partial charge is 0.252 e. The molecule has 1 saturated carbocycles. The van der Waals surface area contributed by atoms with E-state index in [9.17, 15) is 9.59 Å². The van der Waals surface area contributed by atoms with Gasteiger partial charge in [0.1, 0.15) is 17.8 Å². The summed E-state index contributed by atoms with van der Waals surface area (Å²) in [6, 6.07) is 12.0. The maximum atomic E-state index is 13.1. The van der Waals surface area contributed by atoms with E-state index in [0.717, 1.165) is 116 Å². The van der Waals surface area contributed by atoms with Crippen LogP contribution in [0.4, 0.5) is 0 Å². The predicted octanol–water partition coefficient (Wildman–Crippen LogP) is 5.15. The van der Waals surface area contributed by atoms with Crippen molar-refractivity contribution < 1.29 is 14.3 Å². The van der Waals surface area contributed by atoms with Crippen molar-refractivity contribution in [3.05, 3.63) is 59.2 Å². The Labute approximate surface area is 250 Å². The van der Waals surface area contributed by atoms with Crippen LogP contribution in [0.15, 0.2) is 36.4 Å². The molecule has 8 rings (SSSR count). The number of nitrogens with zero attached hydrogens (tertiary/aromatic N) is 4. The normalized spacial score (nSPS) is 24.0. The van der Waals surface area contributed by atoms with Gasteiger partial charge in [-0.2, -0.15) is 0 Å². The Morgan fingerprint density at radius 3 is 1.81 bits per heavy atom. The van der Waals surface area contributed by atoms with Crippen LogP contribution in [0.3, 0.4) is 0 Å². The van der Waals surface area contributed by atoms with Crippen molar-refractivity contribution in [3.63, 3.8) is 0 Å². The molecule has 3 saturated heterocycles. The summed E-state index contributed by atoms with van der Waals surface area (Å²) in [7, 11) is 0. The summed E-state index contributed by atoms with van der Waals surface area (Å²) in [5, 5.41) is 0. The number of nitrogens with one attached hydrogen (secondary N) is 2. The summed E-state index contributed by atoms with van der Waals surface area (Å²) in [4.78, 5) is 46.7. The van der Waals surface area contributed by atoms with Crippen molar-refractivity contribution in [1.82, 2.24) is 29.7 Å². The van der Waals surface area contributed by atoms with E-state index >= 15 is 0 Å². The number of rotatable bonds is 4. The van der Waals surface area contributed by atoms with Crippen molar-refractivity contribution in [2.75, 3.05) is 19.7 Å². The number of carbonyl (C=O) groups excluding carboxylic acids is 2. The van der Waals surface area contributed by atoms with Crippen molar-refractivity contribution in [1.29, 1.82) is 0 Å². The Hall–Kier alpha value is -4.16. The molecule has 2 aromatic carbocycles. The molecule has 2 aromatic heterocycles. The number of ether oxygens (including phenoxy) is 1. The van der Waals surface area contributed by atoms with Crippen LogP contribution in [-0.4, -0.2) is 67.4 Å². The highest BCUT2D eigenvalue weighted by molar-refractivity contribution is 5.83. The second kappa shape index (κ2) is 10.8. The van der Waals surface area contributed by atoms with Gasteiger partial charge in [0.15, 0.2) is 0 Å². The first-order valence-electron chi connectivity index (χ1n) is 15.8. The molecule has 4 fully saturated rings. The molecule has 43 heavy (non-hydrogen) atoms. The molecule has 9 nitrogen and oxygen atoms in total. The van der Waals surface area contributed by atoms with Crippen LogP contribution in [0, 0.1) is 17.8 Å². The van der Waals surface area contributed by atoms with E-state index < -0.39 is 0 Å². The summed E-state index contributed by atoms with van der Waals surface area (Å²) in [5.41, 5.74) is 5.43. The van der Waals surface area contributed by atoms with Crippen LogP contribution in [-0.2, 0) is 14.3 Å². The molecule has 2 N–H and O–H groups in total. The Morgan fingerprint density at radius 1 is 0.721 bits per heavy atom. The molecule has 0 spiro atoms. The average molecular weight is 577 g/mol. The van der Waals surface area contributed by atoms with E-state index in [2.05, 4.69) is 21.8 Å². The molecule has 3 atom stereocenters. The first-order valence-corrected chi connectivity index (χ1v) is 15.8. The number of imidazole rings is 2. The number of amides is 2. The third-order valence-electron chi connectivity index (χ3n) is 9.71. The van der Waals surface area contributed by atoms with E-state index in [-0.39, 0.29) is 30.0 Å². The number of likely N-dealkylation sites (tertiary alicyclic amines) is 2. The molecule has 0 radical (unpaired) electrons. The lowest BCUT2D eigenvalue weighted by Gasteiger charge is -2.32. The molecule has 3 aliphatic heterocycles. The third kappa shape index (κ3) is 4.88. The zero-order valence-electron chi connectivity index (χ0n) is 24.3. The summed E-state index contributed by atoms with van der Waals surface area (Å²) in [6.45, 7) is 2.24. The number of aromatic nitrogens is 4. The van der Waals surface area contributed by atoms with E-state index in [1.54, 1.807) is 0 Å². The molecular formula is C34H36N6O3. The highest BCUT2D eigenvalue weighted by Gasteiger charge is 2.38. The van der Waals surface area contributed by atoms with Crippen LogP contribution in [0.1, 0.15) is 92.6 Å². The monoisotopic (exact) mass is 576 g/mol. The summed E-state index contributed by atoms with van der Waals surface area (Å²) in [6.07, 6.45) is 8.49. The van der Waals surface area contributed by atoms with Gasteiger partial charge in [-0.15, -0.1) is 0 Å². The highest BCUT2D eigenvalue weighted by Crippen LogP contribution is 2.37. The Balaban J connectivity index is 0.998. The van der Waals surface area contributed by atoms with Crippen LogP contribution in [0.2, 0.25) is 0 Å². The lowest BCUT2D eigenvalue weighted by molar-refractivity contribution is -0.142. The maximum absolute atomic E-state index is 13.1. The van der Waals surface area contributed by atoms with Crippen LogP contribution in [0.5, 0.6) is 0 Å². The van der Waals surface area contributed by atoms with Crippen LogP contribution >= 0.6 is 0 Å². The van der Waals surface area contributed by atoms with Gasteiger partial charge in [0.05, 0.1) is 34.2 Å². The fourth-order valence-corrected chi connectivity index (χ4v) is 7.15. The molecule has 2 amide bonds. The second-order valence-electron chi connectivity index (χ2n) is 12.5. The molecule has 220 valence electrons. The van der Waals surface area contributed by atoms with Crippen LogP contribution in [0.25, 0.3) is 22.1 Å². The van der Waals surface area contributed by atoms with Gasteiger partial charge in [-0.1, -0.05) is 18.3 Å². The quantitative estimate of drug-likeness (QED) is 0.327. The molecule has 9 heteroatoms. The topological polar surface area (TPSA) is 107 Å².